The predicted molar refractivity (Wildman–Crippen MR) is 101 cm³/mol. The molecule has 0 saturated carbocycles. The fourth-order valence-corrected chi connectivity index (χ4v) is 3.26. The van der Waals surface area contributed by atoms with Gasteiger partial charge in [0.05, 0.1) is 29.8 Å². The lowest BCUT2D eigenvalue weighted by molar-refractivity contribution is -0.142. The number of fused-ring (bicyclic) bond motifs is 1. The Morgan fingerprint density at radius 2 is 1.58 bits per heavy atom. The summed E-state index contributed by atoms with van der Waals surface area (Å²) < 4.78 is 79.9. The Kier molecular flexibility index (Phi) is 6.54. The first-order valence-corrected chi connectivity index (χ1v) is 9.17. The standard InChI is InChI=1S/C21H18F6N2O2/c22-20(23,24)15-8-4-7-13-14(9-18(21(25,26)27)29-19(13)15)17(31)10-28-16(11-30)12-5-2-1-3-6-12/h1-9,16-17,28,30-31H,10-11H2/t16-,17+/m1/s1. The summed E-state index contributed by atoms with van der Waals surface area (Å²) in [5.74, 6) is 0. The van der Waals surface area contributed by atoms with E-state index >= 15 is 0 Å². The van der Waals surface area contributed by atoms with Gasteiger partial charge in [-0.15, -0.1) is 0 Å². The maximum Gasteiger partial charge on any atom is 0.433 e. The van der Waals surface area contributed by atoms with Crippen LogP contribution in [0, 0.1) is 0 Å². The van der Waals surface area contributed by atoms with E-state index in [0.29, 0.717) is 17.7 Å². The summed E-state index contributed by atoms with van der Waals surface area (Å²) in [4.78, 5) is 3.20. The maximum absolute atomic E-state index is 13.3. The average Bonchev–Trinajstić information content (AvgIpc) is 2.72. The summed E-state index contributed by atoms with van der Waals surface area (Å²) in [6, 6.07) is 11.4. The molecule has 0 amide bonds. The number of para-hydroxylation sites is 1. The van der Waals surface area contributed by atoms with Crippen molar-refractivity contribution in [3.63, 3.8) is 0 Å². The molecule has 0 aliphatic heterocycles. The van der Waals surface area contributed by atoms with Crippen molar-refractivity contribution >= 4 is 10.9 Å². The number of nitrogens with zero attached hydrogens (tertiary/aromatic N) is 1. The number of benzene rings is 2. The van der Waals surface area contributed by atoms with Gasteiger partial charge in [0, 0.05) is 11.9 Å². The molecule has 166 valence electrons. The third-order valence-electron chi connectivity index (χ3n) is 4.77. The number of rotatable bonds is 6. The summed E-state index contributed by atoms with van der Waals surface area (Å²) in [5, 5.41) is 22.7. The Bertz CT molecular complexity index is 1040. The van der Waals surface area contributed by atoms with E-state index in [1.807, 2.05) is 0 Å². The van der Waals surface area contributed by atoms with Crippen LogP contribution in [0.2, 0.25) is 0 Å². The fraction of sp³-hybridized carbons (Fsp3) is 0.286. The van der Waals surface area contributed by atoms with Gasteiger partial charge in [0.15, 0.2) is 0 Å². The average molecular weight is 444 g/mol. The van der Waals surface area contributed by atoms with Gasteiger partial charge in [-0.25, -0.2) is 4.98 Å². The zero-order valence-corrected chi connectivity index (χ0v) is 15.9. The second kappa shape index (κ2) is 8.81. The van der Waals surface area contributed by atoms with Crippen LogP contribution in [0.3, 0.4) is 0 Å². The molecule has 2 atom stereocenters. The lowest BCUT2D eigenvalue weighted by Gasteiger charge is -2.22. The minimum absolute atomic E-state index is 0.239. The molecular formula is C21H18F6N2O2. The molecule has 10 heteroatoms. The Balaban J connectivity index is 2.02. The summed E-state index contributed by atoms with van der Waals surface area (Å²) in [6.07, 6.45) is -11.5. The second-order valence-electron chi connectivity index (χ2n) is 6.86. The normalized spacial score (nSPS) is 14.6. The first-order valence-electron chi connectivity index (χ1n) is 9.17. The SMILES string of the molecule is OC[C@@H](NC[C@H](O)c1cc(C(F)(F)F)nc2c(C(F)(F)F)cccc12)c1ccccc1. The van der Waals surface area contributed by atoms with Crippen molar-refractivity contribution in [3.05, 3.63) is 77.0 Å². The van der Waals surface area contributed by atoms with E-state index in [2.05, 4.69) is 10.3 Å². The summed E-state index contributed by atoms with van der Waals surface area (Å²) in [6.45, 7) is -0.674. The van der Waals surface area contributed by atoms with Gasteiger partial charge < -0.3 is 15.5 Å². The molecule has 0 aliphatic carbocycles. The van der Waals surface area contributed by atoms with E-state index in [0.717, 1.165) is 6.07 Å². The third-order valence-corrected chi connectivity index (χ3v) is 4.77. The summed E-state index contributed by atoms with van der Waals surface area (Å²) >= 11 is 0. The minimum atomic E-state index is -5.01. The van der Waals surface area contributed by atoms with Crippen LogP contribution in [0.15, 0.2) is 54.6 Å². The number of hydrogen-bond acceptors (Lipinski definition) is 4. The number of aromatic nitrogens is 1. The van der Waals surface area contributed by atoms with Crippen LogP contribution in [-0.2, 0) is 12.4 Å². The molecule has 3 aromatic rings. The van der Waals surface area contributed by atoms with Gasteiger partial charge in [0.2, 0.25) is 0 Å². The van der Waals surface area contributed by atoms with E-state index < -0.39 is 41.3 Å². The monoisotopic (exact) mass is 444 g/mol. The summed E-state index contributed by atoms with van der Waals surface area (Å²) in [5.41, 5.74) is -3.42. The van der Waals surface area contributed by atoms with Gasteiger partial charge in [-0.2, -0.15) is 26.3 Å². The van der Waals surface area contributed by atoms with Crippen molar-refractivity contribution in [3.8, 4) is 0 Å². The molecule has 1 aromatic heterocycles. The van der Waals surface area contributed by atoms with E-state index in [1.165, 1.54) is 6.07 Å². The van der Waals surface area contributed by atoms with Gasteiger partial charge in [-0.05, 0) is 23.3 Å². The van der Waals surface area contributed by atoms with E-state index in [4.69, 9.17) is 0 Å². The number of pyridine rings is 1. The highest BCUT2D eigenvalue weighted by Gasteiger charge is 2.38. The van der Waals surface area contributed by atoms with E-state index in [-0.39, 0.29) is 24.1 Å². The molecule has 0 unspecified atom stereocenters. The largest absolute Gasteiger partial charge is 0.433 e. The highest BCUT2D eigenvalue weighted by molar-refractivity contribution is 5.86. The number of halogens is 6. The van der Waals surface area contributed by atoms with Crippen LogP contribution in [0.1, 0.15) is 34.5 Å². The van der Waals surface area contributed by atoms with Crippen molar-refractivity contribution < 1.29 is 36.6 Å². The molecule has 2 aromatic carbocycles. The summed E-state index contributed by atoms with van der Waals surface area (Å²) in [7, 11) is 0. The maximum atomic E-state index is 13.3. The molecule has 3 N–H and O–H groups in total. The molecule has 0 saturated heterocycles. The Labute approximate surface area is 173 Å². The lowest BCUT2D eigenvalue weighted by atomic mass is 9.99. The van der Waals surface area contributed by atoms with Gasteiger partial charge in [-0.1, -0.05) is 42.5 Å². The van der Waals surface area contributed by atoms with Gasteiger partial charge in [0.1, 0.15) is 5.69 Å². The Morgan fingerprint density at radius 3 is 2.16 bits per heavy atom. The number of alkyl halides is 6. The second-order valence-corrected chi connectivity index (χ2v) is 6.86. The molecular weight excluding hydrogens is 426 g/mol. The molecule has 4 nitrogen and oxygen atoms in total. The van der Waals surface area contributed by atoms with Crippen molar-refractivity contribution in [1.82, 2.24) is 10.3 Å². The molecule has 0 bridgehead atoms. The molecule has 0 spiro atoms. The van der Waals surface area contributed by atoms with Gasteiger partial charge in [0.25, 0.3) is 0 Å². The molecule has 1 heterocycles. The smallest absolute Gasteiger partial charge is 0.394 e. The van der Waals surface area contributed by atoms with Crippen molar-refractivity contribution in [1.29, 1.82) is 0 Å². The van der Waals surface area contributed by atoms with Crippen LogP contribution in [-0.4, -0.2) is 28.3 Å². The molecule has 0 aliphatic rings. The zero-order valence-electron chi connectivity index (χ0n) is 15.9. The minimum Gasteiger partial charge on any atom is -0.394 e. The highest BCUT2D eigenvalue weighted by Crippen LogP contribution is 2.38. The van der Waals surface area contributed by atoms with Gasteiger partial charge in [-0.3, -0.25) is 0 Å². The Morgan fingerprint density at radius 1 is 0.903 bits per heavy atom. The number of hydrogen-bond donors (Lipinski definition) is 3. The quantitative estimate of drug-likeness (QED) is 0.485. The van der Waals surface area contributed by atoms with E-state index in [1.54, 1.807) is 30.3 Å². The molecule has 31 heavy (non-hydrogen) atoms. The van der Waals surface area contributed by atoms with Gasteiger partial charge >= 0.3 is 12.4 Å². The van der Waals surface area contributed by atoms with Crippen LogP contribution in [0.5, 0.6) is 0 Å². The molecule has 0 radical (unpaired) electrons. The first-order chi connectivity index (χ1) is 14.5. The van der Waals surface area contributed by atoms with Crippen LogP contribution in [0.25, 0.3) is 10.9 Å². The van der Waals surface area contributed by atoms with Crippen molar-refractivity contribution in [2.75, 3.05) is 13.2 Å². The first kappa shape index (κ1) is 23.0. The van der Waals surface area contributed by atoms with Crippen molar-refractivity contribution in [2.24, 2.45) is 0 Å². The number of aliphatic hydroxyl groups excluding tert-OH is 2. The van der Waals surface area contributed by atoms with Crippen LogP contribution < -0.4 is 5.32 Å². The number of nitrogens with one attached hydrogen (secondary N) is 1. The molecule has 0 fully saturated rings. The lowest BCUT2D eigenvalue weighted by Crippen LogP contribution is -2.29. The zero-order chi connectivity index (χ0) is 22.8. The van der Waals surface area contributed by atoms with Crippen LogP contribution in [0.4, 0.5) is 26.3 Å². The fourth-order valence-electron chi connectivity index (χ4n) is 3.26. The van der Waals surface area contributed by atoms with Crippen molar-refractivity contribution in [2.45, 2.75) is 24.5 Å². The van der Waals surface area contributed by atoms with Crippen LogP contribution >= 0.6 is 0 Å². The predicted octanol–water partition coefficient (Wildman–Crippen LogP) is 4.63. The Hall–Kier alpha value is -2.69. The number of aliphatic hydroxyl groups is 2. The highest BCUT2D eigenvalue weighted by atomic mass is 19.4. The molecule has 3 rings (SSSR count). The third kappa shape index (κ3) is 5.15. The van der Waals surface area contributed by atoms with E-state index in [9.17, 15) is 36.6 Å². The topological polar surface area (TPSA) is 65.4 Å².